The van der Waals surface area contributed by atoms with Gasteiger partial charge in [0.1, 0.15) is 0 Å². The van der Waals surface area contributed by atoms with Gasteiger partial charge in [0.25, 0.3) is 0 Å². The van der Waals surface area contributed by atoms with E-state index in [1.54, 1.807) is 0 Å². The van der Waals surface area contributed by atoms with Gasteiger partial charge in [-0.25, -0.2) is 4.79 Å². The van der Waals surface area contributed by atoms with Crippen LogP contribution in [0.1, 0.15) is 19.8 Å². The summed E-state index contributed by atoms with van der Waals surface area (Å²) in [4.78, 5) is 32.9. The lowest BCUT2D eigenvalue weighted by atomic mass is 10.1. The number of hydrogen-bond acceptors (Lipinski definition) is 6. The van der Waals surface area contributed by atoms with E-state index in [9.17, 15) is 14.4 Å². The minimum atomic E-state index is -1.75. The number of carbonyl (C=O) groups is 3. The molecule has 0 saturated carbocycles. The van der Waals surface area contributed by atoms with Crippen LogP contribution in [0.5, 0.6) is 0 Å². The molecule has 0 spiro atoms. The van der Waals surface area contributed by atoms with Gasteiger partial charge in [-0.05, 0) is 17.9 Å². The summed E-state index contributed by atoms with van der Waals surface area (Å²) in [5.74, 6) is -4.48. The van der Waals surface area contributed by atoms with Crippen LogP contribution in [-0.2, 0) is 19.1 Å². The maximum atomic E-state index is 11.4. The summed E-state index contributed by atoms with van der Waals surface area (Å²) >= 11 is 1.53. The largest absolute Gasteiger partial charge is 0.481 e. The number of thioether (sulfide) groups is 1. The number of aliphatic hydroxyl groups is 1. The van der Waals surface area contributed by atoms with Gasteiger partial charge in [-0.2, -0.15) is 11.8 Å². The molecule has 0 aromatic heterocycles. The number of esters is 1. The van der Waals surface area contributed by atoms with E-state index in [0.29, 0.717) is 5.75 Å². The first-order chi connectivity index (χ1) is 8.93. The van der Waals surface area contributed by atoms with Gasteiger partial charge >= 0.3 is 17.9 Å². The molecule has 0 rings (SSSR count). The fraction of sp³-hybridized carbons (Fsp3) is 0.727. The monoisotopic (exact) mass is 294 g/mol. The Morgan fingerprint density at radius 3 is 2.21 bits per heavy atom. The molecule has 0 saturated heterocycles. The normalized spacial score (nSPS) is 13.6. The Hall–Kier alpha value is -1.28. The number of rotatable bonds is 10. The molecule has 3 N–H and O–H groups in total. The molecule has 0 fully saturated rings. The van der Waals surface area contributed by atoms with E-state index in [1.165, 1.54) is 11.8 Å². The molecular formula is C11H18O7S. The van der Waals surface area contributed by atoms with E-state index in [-0.39, 0.29) is 6.42 Å². The van der Waals surface area contributed by atoms with Crippen LogP contribution in [0.15, 0.2) is 0 Å². The smallest absolute Gasteiger partial charge is 0.345 e. The Morgan fingerprint density at radius 2 is 1.79 bits per heavy atom. The molecule has 0 aliphatic rings. The molecule has 0 aliphatic carbocycles. The van der Waals surface area contributed by atoms with Crippen molar-refractivity contribution in [1.29, 1.82) is 0 Å². The van der Waals surface area contributed by atoms with Crippen molar-refractivity contribution in [2.45, 2.75) is 25.9 Å². The number of carboxylic acid groups (broad SMARTS) is 2. The van der Waals surface area contributed by atoms with Crippen LogP contribution >= 0.6 is 11.8 Å². The van der Waals surface area contributed by atoms with Crippen LogP contribution in [0.2, 0.25) is 0 Å². The number of aliphatic carboxylic acids is 2. The topological polar surface area (TPSA) is 121 Å². The molecule has 0 amide bonds. The summed E-state index contributed by atoms with van der Waals surface area (Å²) in [6.45, 7) is 1.06. The first-order valence-corrected chi connectivity index (χ1v) is 6.94. The molecule has 0 bridgehead atoms. The van der Waals surface area contributed by atoms with Crippen molar-refractivity contribution in [2.75, 3.05) is 18.1 Å². The van der Waals surface area contributed by atoms with Crippen molar-refractivity contribution < 1.29 is 34.4 Å². The fourth-order valence-electron chi connectivity index (χ4n) is 1.15. The summed E-state index contributed by atoms with van der Waals surface area (Å²) in [6, 6.07) is 0. The number of carboxylic acids is 2. The maximum Gasteiger partial charge on any atom is 0.345 e. The molecular weight excluding hydrogens is 276 g/mol. The van der Waals surface area contributed by atoms with Crippen LogP contribution in [0.4, 0.5) is 0 Å². The Balaban J connectivity index is 4.37. The summed E-state index contributed by atoms with van der Waals surface area (Å²) in [6.07, 6.45) is -0.331. The van der Waals surface area contributed by atoms with Gasteiger partial charge in [0.2, 0.25) is 0 Å². The zero-order valence-corrected chi connectivity index (χ0v) is 11.4. The second-order valence-electron chi connectivity index (χ2n) is 3.74. The molecule has 8 heteroatoms. The minimum Gasteiger partial charge on any atom is -0.481 e. The van der Waals surface area contributed by atoms with Gasteiger partial charge in [-0.15, -0.1) is 0 Å². The third-order valence-corrected chi connectivity index (χ3v) is 3.39. The molecule has 0 aromatic carbocycles. The lowest BCUT2D eigenvalue weighted by Crippen LogP contribution is -2.35. The standard InChI is InChI=1S/C11H18O7S/c1-2-4-19-5-3-8(10(15)16)18-11(17)7(6-12)9(13)14/h7-8,12H,2-6H2,1H3,(H,13,14)(H,15,16). The second-order valence-corrected chi connectivity index (χ2v) is 4.96. The van der Waals surface area contributed by atoms with E-state index in [2.05, 4.69) is 4.74 Å². The van der Waals surface area contributed by atoms with Crippen LogP contribution < -0.4 is 0 Å². The quantitative estimate of drug-likeness (QED) is 0.297. The molecule has 7 nitrogen and oxygen atoms in total. The third-order valence-electron chi connectivity index (χ3n) is 2.17. The Labute approximate surface area is 114 Å². The van der Waals surface area contributed by atoms with E-state index in [0.717, 1.165) is 12.2 Å². The number of ether oxygens (including phenoxy) is 1. The van der Waals surface area contributed by atoms with Gasteiger partial charge in [-0.3, -0.25) is 9.59 Å². The van der Waals surface area contributed by atoms with Gasteiger partial charge in [-0.1, -0.05) is 6.92 Å². The van der Waals surface area contributed by atoms with E-state index >= 15 is 0 Å². The predicted octanol–water partition coefficient (Wildman–Crippen LogP) is 0.209. The summed E-state index contributed by atoms with van der Waals surface area (Å²) in [5, 5.41) is 26.2. The average Bonchev–Trinajstić information content (AvgIpc) is 2.33. The highest BCUT2D eigenvalue weighted by Gasteiger charge is 2.31. The van der Waals surface area contributed by atoms with Crippen molar-refractivity contribution in [3.8, 4) is 0 Å². The Bertz CT molecular complexity index is 318. The van der Waals surface area contributed by atoms with Gasteiger partial charge in [0, 0.05) is 6.42 Å². The van der Waals surface area contributed by atoms with Crippen molar-refractivity contribution in [3.63, 3.8) is 0 Å². The van der Waals surface area contributed by atoms with Crippen molar-refractivity contribution in [1.82, 2.24) is 0 Å². The van der Waals surface area contributed by atoms with Gasteiger partial charge in [0.15, 0.2) is 12.0 Å². The Morgan fingerprint density at radius 1 is 1.16 bits per heavy atom. The number of hydrogen-bond donors (Lipinski definition) is 3. The average molecular weight is 294 g/mol. The molecule has 0 heterocycles. The molecule has 19 heavy (non-hydrogen) atoms. The number of aliphatic hydroxyl groups excluding tert-OH is 1. The predicted molar refractivity (Wildman–Crippen MR) is 68.0 cm³/mol. The second kappa shape index (κ2) is 9.62. The molecule has 0 aliphatic heterocycles. The first-order valence-electron chi connectivity index (χ1n) is 5.78. The molecule has 2 atom stereocenters. The number of carbonyl (C=O) groups excluding carboxylic acids is 1. The Kier molecular flexibility index (Phi) is 8.98. The van der Waals surface area contributed by atoms with Crippen molar-refractivity contribution >= 4 is 29.7 Å². The first kappa shape index (κ1) is 17.7. The highest BCUT2D eigenvalue weighted by atomic mass is 32.2. The van der Waals surface area contributed by atoms with E-state index in [1.807, 2.05) is 6.92 Å². The lowest BCUT2D eigenvalue weighted by molar-refractivity contribution is -0.172. The van der Waals surface area contributed by atoms with Gasteiger partial charge in [0.05, 0.1) is 6.61 Å². The van der Waals surface area contributed by atoms with Crippen molar-refractivity contribution in [3.05, 3.63) is 0 Å². The summed E-state index contributed by atoms with van der Waals surface area (Å²) < 4.78 is 4.61. The molecule has 2 unspecified atom stereocenters. The van der Waals surface area contributed by atoms with Crippen LogP contribution in [-0.4, -0.2) is 57.4 Å². The minimum absolute atomic E-state index is 0.101. The SMILES string of the molecule is CCCSCCC(OC(=O)C(CO)C(=O)O)C(=O)O. The van der Waals surface area contributed by atoms with Gasteiger partial charge < -0.3 is 20.1 Å². The maximum absolute atomic E-state index is 11.4. The van der Waals surface area contributed by atoms with Crippen LogP contribution in [0.25, 0.3) is 0 Å². The van der Waals surface area contributed by atoms with E-state index in [4.69, 9.17) is 15.3 Å². The fourth-order valence-corrected chi connectivity index (χ4v) is 2.02. The summed E-state index contributed by atoms with van der Waals surface area (Å²) in [5.41, 5.74) is 0. The van der Waals surface area contributed by atoms with Crippen LogP contribution in [0.3, 0.4) is 0 Å². The van der Waals surface area contributed by atoms with Crippen molar-refractivity contribution in [2.24, 2.45) is 5.92 Å². The van der Waals surface area contributed by atoms with Crippen LogP contribution in [0, 0.1) is 5.92 Å². The molecule has 110 valence electrons. The molecule has 0 aromatic rings. The summed E-state index contributed by atoms with van der Waals surface area (Å²) in [7, 11) is 0. The third kappa shape index (κ3) is 7.02. The highest BCUT2D eigenvalue weighted by Crippen LogP contribution is 2.11. The van der Waals surface area contributed by atoms with E-state index < -0.39 is 36.5 Å². The zero-order chi connectivity index (χ0) is 14.8. The highest BCUT2D eigenvalue weighted by molar-refractivity contribution is 7.99. The zero-order valence-electron chi connectivity index (χ0n) is 10.6. The lowest BCUT2D eigenvalue weighted by Gasteiger charge is -2.15. The molecule has 0 radical (unpaired) electrons.